The van der Waals surface area contributed by atoms with E-state index in [9.17, 15) is 4.79 Å². The third-order valence-corrected chi connectivity index (χ3v) is 6.00. The van der Waals surface area contributed by atoms with E-state index in [1.54, 1.807) is 0 Å². The summed E-state index contributed by atoms with van der Waals surface area (Å²) in [6.45, 7) is 4.69. The lowest BCUT2D eigenvalue weighted by Crippen LogP contribution is -2.63. The van der Waals surface area contributed by atoms with Crippen molar-refractivity contribution in [2.75, 3.05) is 32.8 Å². The van der Waals surface area contributed by atoms with Crippen LogP contribution in [0.15, 0.2) is 60.7 Å². The second-order valence-electron chi connectivity index (χ2n) is 7.76. The predicted molar refractivity (Wildman–Crippen MR) is 106 cm³/mol. The SMILES string of the molecule is O=C1COCC2(CCN(CCc3ccccc3)CC2)N1Cc1ccccc1. The quantitative estimate of drug-likeness (QED) is 0.817. The average Bonchev–Trinajstić information content (AvgIpc) is 2.72. The molecule has 0 aliphatic carbocycles. The number of carbonyl (C=O) groups is 1. The van der Waals surface area contributed by atoms with Crippen LogP contribution in [-0.2, 0) is 22.5 Å². The van der Waals surface area contributed by atoms with Gasteiger partial charge in [-0.25, -0.2) is 0 Å². The Morgan fingerprint density at radius 3 is 2.19 bits per heavy atom. The number of ether oxygens (including phenoxy) is 1. The molecule has 0 aromatic heterocycles. The van der Waals surface area contributed by atoms with E-state index in [-0.39, 0.29) is 18.1 Å². The van der Waals surface area contributed by atoms with E-state index in [1.807, 2.05) is 18.2 Å². The topological polar surface area (TPSA) is 32.8 Å². The van der Waals surface area contributed by atoms with Crippen molar-refractivity contribution in [2.24, 2.45) is 0 Å². The number of rotatable bonds is 5. The molecule has 0 unspecified atom stereocenters. The molecule has 0 radical (unpaired) electrons. The third-order valence-electron chi connectivity index (χ3n) is 6.00. The van der Waals surface area contributed by atoms with Gasteiger partial charge < -0.3 is 14.5 Å². The molecule has 142 valence electrons. The van der Waals surface area contributed by atoms with Crippen molar-refractivity contribution in [2.45, 2.75) is 31.3 Å². The molecule has 2 saturated heterocycles. The molecular formula is C23H28N2O2. The molecule has 2 aromatic carbocycles. The molecule has 0 saturated carbocycles. The van der Waals surface area contributed by atoms with Crippen LogP contribution in [0.3, 0.4) is 0 Å². The fraction of sp³-hybridized carbons (Fsp3) is 0.435. The Morgan fingerprint density at radius 1 is 0.889 bits per heavy atom. The first-order valence-electron chi connectivity index (χ1n) is 9.94. The van der Waals surface area contributed by atoms with Crippen molar-refractivity contribution in [3.63, 3.8) is 0 Å². The molecule has 0 bridgehead atoms. The number of nitrogens with zero attached hydrogens (tertiary/aromatic N) is 2. The standard InChI is InChI=1S/C23H28N2O2/c26-22-18-27-19-23(25(22)17-21-9-5-2-6-10-21)12-15-24(16-13-23)14-11-20-7-3-1-4-8-20/h1-10H,11-19H2. The van der Waals surface area contributed by atoms with Gasteiger partial charge in [0.1, 0.15) is 6.61 Å². The summed E-state index contributed by atoms with van der Waals surface area (Å²) >= 11 is 0. The lowest BCUT2D eigenvalue weighted by atomic mass is 9.84. The molecule has 27 heavy (non-hydrogen) atoms. The second kappa shape index (κ2) is 8.24. The zero-order chi connectivity index (χ0) is 18.5. The van der Waals surface area contributed by atoms with E-state index in [1.165, 1.54) is 11.1 Å². The summed E-state index contributed by atoms with van der Waals surface area (Å²) in [6.07, 6.45) is 3.05. The Balaban J connectivity index is 1.39. The first-order valence-corrected chi connectivity index (χ1v) is 9.94. The van der Waals surface area contributed by atoms with Crippen molar-refractivity contribution in [3.05, 3.63) is 71.8 Å². The van der Waals surface area contributed by atoms with Gasteiger partial charge in [-0.2, -0.15) is 0 Å². The monoisotopic (exact) mass is 364 g/mol. The minimum Gasteiger partial charge on any atom is -0.369 e. The van der Waals surface area contributed by atoms with Crippen molar-refractivity contribution < 1.29 is 9.53 Å². The van der Waals surface area contributed by atoms with Crippen LogP contribution in [0.2, 0.25) is 0 Å². The minimum absolute atomic E-state index is 0.128. The number of piperidine rings is 1. The maximum absolute atomic E-state index is 12.7. The van der Waals surface area contributed by atoms with Crippen LogP contribution < -0.4 is 0 Å². The van der Waals surface area contributed by atoms with Gasteiger partial charge in [0.25, 0.3) is 0 Å². The van der Waals surface area contributed by atoms with Gasteiger partial charge in [0.2, 0.25) is 5.91 Å². The number of likely N-dealkylation sites (tertiary alicyclic amines) is 1. The smallest absolute Gasteiger partial charge is 0.249 e. The average molecular weight is 364 g/mol. The van der Waals surface area contributed by atoms with Crippen LogP contribution in [0.5, 0.6) is 0 Å². The van der Waals surface area contributed by atoms with Gasteiger partial charge >= 0.3 is 0 Å². The van der Waals surface area contributed by atoms with Gasteiger partial charge in [-0.05, 0) is 30.4 Å². The molecule has 1 amide bonds. The van der Waals surface area contributed by atoms with Crippen LogP contribution in [-0.4, -0.2) is 54.1 Å². The molecule has 4 rings (SSSR count). The van der Waals surface area contributed by atoms with Crippen LogP contribution in [0.1, 0.15) is 24.0 Å². The highest BCUT2D eigenvalue weighted by Crippen LogP contribution is 2.33. The van der Waals surface area contributed by atoms with Gasteiger partial charge in [0, 0.05) is 26.2 Å². The summed E-state index contributed by atoms with van der Waals surface area (Å²) in [7, 11) is 0. The van der Waals surface area contributed by atoms with Gasteiger partial charge in [-0.1, -0.05) is 60.7 Å². The van der Waals surface area contributed by atoms with Gasteiger partial charge in [-0.15, -0.1) is 0 Å². The predicted octanol–water partition coefficient (Wildman–Crippen LogP) is 3.12. The van der Waals surface area contributed by atoms with Gasteiger partial charge in [0.15, 0.2) is 0 Å². The molecule has 0 atom stereocenters. The first-order chi connectivity index (χ1) is 13.3. The van der Waals surface area contributed by atoms with E-state index in [0.717, 1.165) is 38.9 Å². The second-order valence-corrected chi connectivity index (χ2v) is 7.76. The maximum Gasteiger partial charge on any atom is 0.249 e. The molecule has 2 heterocycles. The van der Waals surface area contributed by atoms with Gasteiger partial charge in [0.05, 0.1) is 12.1 Å². The fourth-order valence-electron chi connectivity index (χ4n) is 4.31. The van der Waals surface area contributed by atoms with Crippen LogP contribution in [0.4, 0.5) is 0 Å². The summed E-state index contributed by atoms with van der Waals surface area (Å²) < 4.78 is 5.70. The van der Waals surface area contributed by atoms with Crippen LogP contribution in [0.25, 0.3) is 0 Å². The summed E-state index contributed by atoms with van der Waals surface area (Å²) in [5.74, 6) is 0.128. The van der Waals surface area contributed by atoms with Crippen molar-refractivity contribution in [1.82, 2.24) is 9.80 Å². The molecule has 1 spiro atoms. The highest BCUT2D eigenvalue weighted by Gasteiger charge is 2.45. The largest absolute Gasteiger partial charge is 0.369 e. The summed E-state index contributed by atoms with van der Waals surface area (Å²) in [5.41, 5.74) is 2.44. The molecule has 2 fully saturated rings. The van der Waals surface area contributed by atoms with E-state index in [0.29, 0.717) is 13.2 Å². The molecular weight excluding hydrogens is 336 g/mol. The van der Waals surface area contributed by atoms with Crippen LogP contribution >= 0.6 is 0 Å². The lowest BCUT2D eigenvalue weighted by Gasteiger charge is -2.51. The number of morpholine rings is 1. The van der Waals surface area contributed by atoms with E-state index < -0.39 is 0 Å². The van der Waals surface area contributed by atoms with E-state index in [4.69, 9.17) is 4.74 Å². The number of benzene rings is 2. The highest BCUT2D eigenvalue weighted by molar-refractivity contribution is 5.79. The molecule has 2 aliphatic rings. The zero-order valence-electron chi connectivity index (χ0n) is 15.8. The van der Waals surface area contributed by atoms with E-state index in [2.05, 4.69) is 52.3 Å². The third kappa shape index (κ3) is 4.23. The Bertz CT molecular complexity index is 739. The molecule has 2 aliphatic heterocycles. The highest BCUT2D eigenvalue weighted by atomic mass is 16.5. The lowest BCUT2D eigenvalue weighted by molar-refractivity contribution is -0.164. The Kier molecular flexibility index (Phi) is 5.55. The van der Waals surface area contributed by atoms with Crippen molar-refractivity contribution in [1.29, 1.82) is 0 Å². The molecule has 4 heteroatoms. The fourth-order valence-corrected chi connectivity index (χ4v) is 4.31. The van der Waals surface area contributed by atoms with E-state index >= 15 is 0 Å². The number of amides is 1. The molecule has 0 N–H and O–H groups in total. The summed E-state index contributed by atoms with van der Waals surface area (Å²) in [6, 6.07) is 21.0. The number of hydrogen-bond donors (Lipinski definition) is 0. The molecule has 4 nitrogen and oxygen atoms in total. The van der Waals surface area contributed by atoms with Crippen LogP contribution in [0, 0.1) is 0 Å². The number of carbonyl (C=O) groups excluding carboxylic acids is 1. The normalized spacial score (nSPS) is 20.1. The van der Waals surface area contributed by atoms with Crippen molar-refractivity contribution >= 4 is 5.91 Å². The zero-order valence-corrected chi connectivity index (χ0v) is 15.8. The Morgan fingerprint density at radius 2 is 1.52 bits per heavy atom. The Hall–Kier alpha value is -2.17. The van der Waals surface area contributed by atoms with Gasteiger partial charge in [-0.3, -0.25) is 4.79 Å². The maximum atomic E-state index is 12.7. The summed E-state index contributed by atoms with van der Waals surface area (Å²) in [4.78, 5) is 17.3. The molecule has 2 aromatic rings. The summed E-state index contributed by atoms with van der Waals surface area (Å²) in [5, 5.41) is 0. The first kappa shape index (κ1) is 18.2. The minimum atomic E-state index is -0.144. The number of hydrogen-bond acceptors (Lipinski definition) is 3. The van der Waals surface area contributed by atoms with Crippen molar-refractivity contribution in [3.8, 4) is 0 Å². The Labute approximate surface area is 161 Å².